The molecule has 0 aromatic carbocycles. The van der Waals surface area contributed by atoms with Gasteiger partial charge in [-0.05, 0) is 32.1 Å². The third kappa shape index (κ3) is 2.47. The molecule has 0 heterocycles. The molecule has 0 saturated heterocycles. The number of esters is 1. The van der Waals surface area contributed by atoms with Gasteiger partial charge in [-0.15, -0.1) is 0 Å². The molecule has 2 N–H and O–H groups in total. The van der Waals surface area contributed by atoms with Gasteiger partial charge in [0.1, 0.15) is 0 Å². The van der Waals surface area contributed by atoms with Gasteiger partial charge in [-0.2, -0.15) is 0 Å². The topological polar surface area (TPSA) is 52.3 Å². The van der Waals surface area contributed by atoms with Crippen molar-refractivity contribution in [2.45, 2.75) is 33.1 Å². The summed E-state index contributed by atoms with van der Waals surface area (Å²) < 4.78 is 4.91. The lowest BCUT2D eigenvalue weighted by Crippen LogP contribution is -2.20. The molecule has 3 nitrogen and oxygen atoms in total. The minimum atomic E-state index is -0.230. The molecule has 1 atom stereocenters. The number of carbonyl (C=O) groups excluding carboxylic acids is 1. The van der Waals surface area contributed by atoms with Gasteiger partial charge >= 0.3 is 5.97 Å². The molecule has 0 aromatic rings. The van der Waals surface area contributed by atoms with Crippen molar-refractivity contribution in [3.05, 3.63) is 11.3 Å². The zero-order valence-electron chi connectivity index (χ0n) is 8.30. The van der Waals surface area contributed by atoms with Crippen molar-refractivity contribution in [3.63, 3.8) is 0 Å². The quantitative estimate of drug-likeness (QED) is 0.661. The summed E-state index contributed by atoms with van der Waals surface area (Å²) in [6, 6.07) is 0. The van der Waals surface area contributed by atoms with Crippen LogP contribution in [0.3, 0.4) is 0 Å². The Bertz CT molecular complexity index is 233. The summed E-state index contributed by atoms with van der Waals surface area (Å²) in [7, 11) is 0. The van der Waals surface area contributed by atoms with Gasteiger partial charge in [-0.3, -0.25) is 0 Å². The molecular weight excluding hydrogens is 166 g/mol. The monoisotopic (exact) mass is 183 g/mol. The summed E-state index contributed by atoms with van der Waals surface area (Å²) in [4.78, 5) is 11.4. The number of hydrogen-bond donors (Lipinski definition) is 1. The maximum Gasteiger partial charge on any atom is 0.335 e. The molecule has 0 radical (unpaired) electrons. The first-order valence-corrected chi connectivity index (χ1v) is 4.79. The van der Waals surface area contributed by atoms with Gasteiger partial charge in [0.2, 0.25) is 0 Å². The highest BCUT2D eigenvalue weighted by molar-refractivity contribution is 5.89. The Hall–Kier alpha value is -0.990. The van der Waals surface area contributed by atoms with Crippen LogP contribution in [-0.4, -0.2) is 12.6 Å². The molecule has 1 unspecified atom stereocenters. The van der Waals surface area contributed by atoms with Crippen LogP contribution in [-0.2, 0) is 9.53 Å². The highest BCUT2D eigenvalue weighted by atomic mass is 16.5. The van der Waals surface area contributed by atoms with Gasteiger partial charge in [-0.1, -0.05) is 6.92 Å². The Morgan fingerprint density at radius 1 is 1.69 bits per heavy atom. The fourth-order valence-corrected chi connectivity index (χ4v) is 1.60. The molecule has 1 rings (SSSR count). The number of rotatable bonds is 2. The molecule has 0 aromatic heterocycles. The van der Waals surface area contributed by atoms with E-state index in [0.29, 0.717) is 18.1 Å². The summed E-state index contributed by atoms with van der Waals surface area (Å²) >= 11 is 0. The lowest BCUT2D eigenvalue weighted by molar-refractivity contribution is -0.138. The van der Waals surface area contributed by atoms with Crippen LogP contribution in [0.1, 0.15) is 33.1 Å². The third-order valence-electron chi connectivity index (χ3n) is 2.36. The van der Waals surface area contributed by atoms with E-state index in [2.05, 4.69) is 6.92 Å². The summed E-state index contributed by atoms with van der Waals surface area (Å²) in [5, 5.41) is 0. The molecular formula is C10H17NO2. The van der Waals surface area contributed by atoms with Crippen LogP contribution in [0.5, 0.6) is 0 Å². The van der Waals surface area contributed by atoms with Crippen molar-refractivity contribution >= 4 is 5.97 Å². The first-order valence-electron chi connectivity index (χ1n) is 4.79. The minimum Gasteiger partial charge on any atom is -0.463 e. The van der Waals surface area contributed by atoms with E-state index in [1.807, 2.05) is 0 Å². The van der Waals surface area contributed by atoms with Crippen LogP contribution in [0.25, 0.3) is 0 Å². The Labute approximate surface area is 78.9 Å². The van der Waals surface area contributed by atoms with Gasteiger partial charge in [-0.25, -0.2) is 4.79 Å². The standard InChI is InChI=1S/C10H17NO2/c1-3-13-10(12)8-5-4-7(2)6-9(8)11/h7H,3-6,11H2,1-2H3. The van der Waals surface area contributed by atoms with E-state index in [1.165, 1.54) is 0 Å². The number of allylic oxidation sites excluding steroid dienone is 1. The van der Waals surface area contributed by atoms with Crippen molar-refractivity contribution in [2.24, 2.45) is 11.7 Å². The van der Waals surface area contributed by atoms with E-state index in [9.17, 15) is 4.79 Å². The molecule has 1 aliphatic carbocycles. The largest absolute Gasteiger partial charge is 0.463 e. The second kappa shape index (κ2) is 4.30. The van der Waals surface area contributed by atoms with Crippen LogP contribution < -0.4 is 5.73 Å². The van der Waals surface area contributed by atoms with Gasteiger partial charge in [0, 0.05) is 5.70 Å². The van der Waals surface area contributed by atoms with E-state index in [0.717, 1.165) is 25.0 Å². The van der Waals surface area contributed by atoms with Crippen LogP contribution in [0.4, 0.5) is 0 Å². The molecule has 0 bridgehead atoms. The average Bonchev–Trinajstić information content (AvgIpc) is 2.04. The number of nitrogens with two attached hydrogens (primary N) is 1. The van der Waals surface area contributed by atoms with Gasteiger partial charge in [0.15, 0.2) is 0 Å². The number of carbonyl (C=O) groups is 1. The van der Waals surface area contributed by atoms with Crippen LogP contribution in [0.2, 0.25) is 0 Å². The summed E-state index contributed by atoms with van der Waals surface area (Å²) in [5.41, 5.74) is 7.19. The molecule has 74 valence electrons. The minimum absolute atomic E-state index is 0.230. The lowest BCUT2D eigenvalue weighted by Gasteiger charge is -2.20. The molecule has 0 amide bonds. The van der Waals surface area contributed by atoms with Gasteiger partial charge in [0.05, 0.1) is 12.2 Å². The lowest BCUT2D eigenvalue weighted by atomic mass is 9.89. The summed E-state index contributed by atoms with van der Waals surface area (Å²) in [6.45, 7) is 4.38. The van der Waals surface area contributed by atoms with Crippen molar-refractivity contribution in [2.75, 3.05) is 6.61 Å². The van der Waals surface area contributed by atoms with Crippen molar-refractivity contribution in [3.8, 4) is 0 Å². The second-order valence-electron chi connectivity index (χ2n) is 3.57. The molecule has 3 heteroatoms. The molecule has 0 spiro atoms. The highest BCUT2D eigenvalue weighted by Crippen LogP contribution is 2.26. The van der Waals surface area contributed by atoms with Crippen LogP contribution in [0, 0.1) is 5.92 Å². The summed E-state index contributed by atoms with van der Waals surface area (Å²) in [6.07, 6.45) is 2.63. The summed E-state index contributed by atoms with van der Waals surface area (Å²) in [5.74, 6) is 0.366. The van der Waals surface area contributed by atoms with Crippen molar-refractivity contribution < 1.29 is 9.53 Å². The first kappa shape index (κ1) is 10.1. The maximum absolute atomic E-state index is 11.4. The Morgan fingerprint density at radius 3 is 2.92 bits per heavy atom. The Morgan fingerprint density at radius 2 is 2.38 bits per heavy atom. The van der Waals surface area contributed by atoms with E-state index in [-0.39, 0.29) is 5.97 Å². The van der Waals surface area contributed by atoms with E-state index < -0.39 is 0 Å². The number of hydrogen-bond acceptors (Lipinski definition) is 3. The van der Waals surface area contributed by atoms with Gasteiger partial charge < -0.3 is 10.5 Å². The van der Waals surface area contributed by atoms with Crippen molar-refractivity contribution in [1.82, 2.24) is 0 Å². The second-order valence-corrected chi connectivity index (χ2v) is 3.57. The fourth-order valence-electron chi connectivity index (χ4n) is 1.60. The zero-order valence-corrected chi connectivity index (χ0v) is 8.30. The normalized spacial score (nSPS) is 23.1. The molecule has 1 aliphatic rings. The molecule has 0 aliphatic heterocycles. The Kier molecular flexibility index (Phi) is 3.34. The molecule has 0 fully saturated rings. The third-order valence-corrected chi connectivity index (χ3v) is 2.36. The maximum atomic E-state index is 11.4. The van der Waals surface area contributed by atoms with E-state index in [4.69, 9.17) is 10.5 Å². The first-order chi connectivity index (χ1) is 6.15. The fraction of sp³-hybridized carbons (Fsp3) is 0.700. The van der Waals surface area contributed by atoms with Gasteiger partial charge in [0.25, 0.3) is 0 Å². The van der Waals surface area contributed by atoms with E-state index in [1.54, 1.807) is 6.92 Å². The van der Waals surface area contributed by atoms with E-state index >= 15 is 0 Å². The highest BCUT2D eigenvalue weighted by Gasteiger charge is 2.21. The molecule has 0 saturated carbocycles. The molecule has 13 heavy (non-hydrogen) atoms. The predicted octanol–water partition coefficient (Wildman–Crippen LogP) is 1.58. The smallest absolute Gasteiger partial charge is 0.335 e. The Balaban J connectivity index is 2.67. The van der Waals surface area contributed by atoms with Crippen molar-refractivity contribution in [1.29, 1.82) is 0 Å². The van der Waals surface area contributed by atoms with Crippen LogP contribution >= 0.6 is 0 Å². The van der Waals surface area contributed by atoms with Crippen LogP contribution in [0.15, 0.2) is 11.3 Å². The average molecular weight is 183 g/mol. The SMILES string of the molecule is CCOC(=O)C1=C(N)CC(C)CC1. The predicted molar refractivity (Wildman–Crippen MR) is 50.9 cm³/mol. The number of ether oxygens (including phenoxy) is 1. The zero-order chi connectivity index (χ0) is 9.84.